The minimum Gasteiger partial charge on any atom is -0.406 e. The van der Waals surface area contributed by atoms with Gasteiger partial charge in [-0.2, -0.15) is 0 Å². The van der Waals surface area contributed by atoms with Crippen molar-refractivity contribution in [2.45, 2.75) is 18.7 Å². The number of nitrogens with zero attached hydrogens (tertiary/aromatic N) is 1. The van der Waals surface area contributed by atoms with E-state index >= 15 is 0 Å². The maximum atomic E-state index is 12.1. The number of rotatable bonds is 7. The minimum atomic E-state index is -4.75. The van der Waals surface area contributed by atoms with E-state index in [4.69, 9.17) is 5.73 Å². The van der Waals surface area contributed by atoms with Crippen LogP contribution in [0.5, 0.6) is 5.75 Å². The molecule has 0 saturated carbocycles. The Morgan fingerprint density at radius 2 is 1.62 bits per heavy atom. The van der Waals surface area contributed by atoms with E-state index in [1.54, 1.807) is 24.3 Å². The second-order valence-electron chi connectivity index (χ2n) is 5.68. The highest BCUT2D eigenvalue weighted by molar-refractivity contribution is 14.0. The summed E-state index contributed by atoms with van der Waals surface area (Å²) in [6.07, 6.45) is -4.75. The highest BCUT2D eigenvalue weighted by Crippen LogP contribution is 2.23. The molecule has 0 aliphatic heterocycles. The van der Waals surface area contributed by atoms with Gasteiger partial charge in [-0.1, -0.05) is 24.3 Å². The fraction of sp³-hybridized carbons (Fsp3) is 0.235. The lowest BCUT2D eigenvalue weighted by molar-refractivity contribution is -0.274. The minimum absolute atomic E-state index is 0. The van der Waals surface area contributed by atoms with Crippen molar-refractivity contribution in [1.29, 1.82) is 0 Å². The van der Waals surface area contributed by atoms with Gasteiger partial charge in [-0.05, 0) is 42.4 Å². The third-order valence-electron chi connectivity index (χ3n) is 3.48. The molecule has 0 spiro atoms. The van der Waals surface area contributed by atoms with Crippen LogP contribution in [0.2, 0.25) is 0 Å². The van der Waals surface area contributed by atoms with Crippen LogP contribution in [0.15, 0.2) is 53.5 Å². The fourth-order valence-corrected chi connectivity index (χ4v) is 2.91. The standard InChI is InChI=1S/C17H19F3N4O3S.HI/c1-22-28(25,26)11-13-4-2-12(3-5-13)10-23-16(21)24-14-6-8-15(9-7-14)27-17(18,19)20;/h2-9,22H,10-11H2,1H3,(H3,21,23,24);1H. The van der Waals surface area contributed by atoms with Crippen LogP contribution in [-0.4, -0.2) is 27.8 Å². The molecule has 0 amide bonds. The Labute approximate surface area is 183 Å². The van der Waals surface area contributed by atoms with Crippen LogP contribution in [0.4, 0.5) is 18.9 Å². The Hall–Kier alpha value is -2.06. The van der Waals surface area contributed by atoms with E-state index in [9.17, 15) is 21.6 Å². The summed E-state index contributed by atoms with van der Waals surface area (Å²) in [4.78, 5) is 4.13. The number of benzene rings is 2. The number of anilines is 1. The Morgan fingerprint density at radius 3 is 2.14 bits per heavy atom. The summed E-state index contributed by atoms with van der Waals surface area (Å²) < 4.78 is 65.4. The number of ether oxygens (including phenoxy) is 1. The molecular formula is C17H20F3IN4O3S. The average Bonchev–Trinajstić information content (AvgIpc) is 2.61. The van der Waals surface area contributed by atoms with Gasteiger partial charge in [0.1, 0.15) is 5.75 Å². The molecule has 7 nitrogen and oxygen atoms in total. The molecule has 2 rings (SSSR count). The van der Waals surface area contributed by atoms with Crippen molar-refractivity contribution in [2.75, 3.05) is 12.4 Å². The number of aliphatic imine (C=N–C) groups is 1. The van der Waals surface area contributed by atoms with E-state index in [0.29, 0.717) is 11.3 Å². The first kappa shape index (κ1) is 25.0. The van der Waals surface area contributed by atoms with E-state index in [2.05, 4.69) is 19.8 Å². The van der Waals surface area contributed by atoms with Gasteiger partial charge in [0.05, 0.1) is 12.3 Å². The molecular weight excluding hydrogens is 524 g/mol. The van der Waals surface area contributed by atoms with E-state index < -0.39 is 16.4 Å². The molecule has 0 saturated heterocycles. The predicted molar refractivity (Wildman–Crippen MR) is 116 cm³/mol. The number of guanidine groups is 1. The van der Waals surface area contributed by atoms with Gasteiger partial charge in [-0.25, -0.2) is 18.1 Å². The fourth-order valence-electron chi connectivity index (χ4n) is 2.14. The Bertz CT molecular complexity index is 918. The first-order valence-corrected chi connectivity index (χ1v) is 9.63. The zero-order valence-electron chi connectivity index (χ0n) is 15.2. The van der Waals surface area contributed by atoms with Crippen LogP contribution in [0.1, 0.15) is 11.1 Å². The molecule has 0 atom stereocenters. The first-order valence-electron chi connectivity index (χ1n) is 7.98. The predicted octanol–water partition coefficient (Wildman–Crippen LogP) is 3.18. The van der Waals surface area contributed by atoms with Crippen LogP contribution >= 0.6 is 24.0 Å². The molecule has 12 heteroatoms. The van der Waals surface area contributed by atoms with Crippen molar-refractivity contribution >= 4 is 45.6 Å². The summed E-state index contributed by atoms with van der Waals surface area (Å²) in [5, 5.41) is 2.76. The van der Waals surface area contributed by atoms with E-state index in [1.165, 1.54) is 19.2 Å². The molecule has 160 valence electrons. The van der Waals surface area contributed by atoms with Crippen LogP contribution in [0, 0.1) is 0 Å². The monoisotopic (exact) mass is 544 g/mol. The molecule has 0 aromatic heterocycles. The highest BCUT2D eigenvalue weighted by Gasteiger charge is 2.30. The number of hydrogen-bond acceptors (Lipinski definition) is 4. The summed E-state index contributed by atoms with van der Waals surface area (Å²) >= 11 is 0. The van der Waals surface area contributed by atoms with Crippen molar-refractivity contribution in [3.63, 3.8) is 0 Å². The lowest BCUT2D eigenvalue weighted by atomic mass is 10.1. The second kappa shape index (κ2) is 10.6. The molecule has 29 heavy (non-hydrogen) atoms. The Kier molecular flexibility index (Phi) is 9.16. The second-order valence-corrected chi connectivity index (χ2v) is 7.60. The van der Waals surface area contributed by atoms with Crippen LogP contribution in [-0.2, 0) is 22.3 Å². The molecule has 4 N–H and O–H groups in total. The van der Waals surface area contributed by atoms with Gasteiger partial charge in [0.15, 0.2) is 5.96 Å². The number of hydrogen-bond donors (Lipinski definition) is 3. The number of sulfonamides is 1. The molecule has 0 aliphatic rings. The number of halogens is 4. The quantitative estimate of drug-likeness (QED) is 0.282. The summed E-state index contributed by atoms with van der Waals surface area (Å²) in [6.45, 7) is 0.243. The van der Waals surface area contributed by atoms with E-state index in [-0.39, 0.29) is 48.0 Å². The molecule has 0 radical (unpaired) electrons. The topological polar surface area (TPSA) is 106 Å². The van der Waals surface area contributed by atoms with Gasteiger partial charge in [0.2, 0.25) is 10.0 Å². The van der Waals surface area contributed by atoms with Crippen molar-refractivity contribution in [1.82, 2.24) is 4.72 Å². The third kappa shape index (κ3) is 9.32. The maximum absolute atomic E-state index is 12.1. The molecule has 2 aromatic carbocycles. The van der Waals surface area contributed by atoms with Crippen LogP contribution in [0.3, 0.4) is 0 Å². The van der Waals surface area contributed by atoms with Gasteiger partial charge in [0.25, 0.3) is 0 Å². The van der Waals surface area contributed by atoms with Crippen molar-refractivity contribution < 1.29 is 26.3 Å². The zero-order chi connectivity index (χ0) is 20.8. The normalized spacial score (nSPS) is 12.2. The Balaban J connectivity index is 0.00000420. The first-order chi connectivity index (χ1) is 13.1. The lowest BCUT2D eigenvalue weighted by Crippen LogP contribution is -2.22. The molecule has 0 heterocycles. The van der Waals surface area contributed by atoms with Crippen LogP contribution in [0.25, 0.3) is 0 Å². The smallest absolute Gasteiger partial charge is 0.406 e. The highest BCUT2D eigenvalue weighted by atomic mass is 127. The molecule has 0 fully saturated rings. The van der Waals surface area contributed by atoms with Crippen molar-refractivity contribution in [2.24, 2.45) is 10.7 Å². The third-order valence-corrected chi connectivity index (χ3v) is 4.82. The molecule has 2 aromatic rings. The molecule has 0 bridgehead atoms. The number of nitrogens with one attached hydrogen (secondary N) is 2. The summed E-state index contributed by atoms with van der Waals surface area (Å²) in [7, 11) is -1.99. The molecule has 0 aliphatic carbocycles. The summed E-state index contributed by atoms with van der Waals surface area (Å²) in [5.41, 5.74) is 7.66. The number of alkyl halides is 3. The van der Waals surface area contributed by atoms with Gasteiger partial charge in [0, 0.05) is 5.69 Å². The zero-order valence-corrected chi connectivity index (χ0v) is 18.4. The summed E-state index contributed by atoms with van der Waals surface area (Å²) in [6, 6.07) is 11.9. The van der Waals surface area contributed by atoms with E-state index in [1.807, 2.05) is 0 Å². The van der Waals surface area contributed by atoms with E-state index in [0.717, 1.165) is 17.7 Å². The number of nitrogens with two attached hydrogens (primary N) is 1. The van der Waals surface area contributed by atoms with Crippen molar-refractivity contribution in [3.8, 4) is 5.75 Å². The molecule has 0 unspecified atom stereocenters. The van der Waals surface area contributed by atoms with Crippen molar-refractivity contribution in [3.05, 3.63) is 59.7 Å². The Morgan fingerprint density at radius 1 is 1.07 bits per heavy atom. The summed E-state index contributed by atoms with van der Waals surface area (Å²) in [5.74, 6) is -0.384. The van der Waals surface area contributed by atoms with Gasteiger partial charge < -0.3 is 15.8 Å². The van der Waals surface area contributed by atoms with Crippen LogP contribution < -0.4 is 20.5 Å². The average molecular weight is 544 g/mol. The van der Waals surface area contributed by atoms with Gasteiger partial charge in [-0.15, -0.1) is 37.1 Å². The lowest BCUT2D eigenvalue weighted by Gasteiger charge is -2.10. The maximum Gasteiger partial charge on any atom is 0.573 e. The SMILES string of the molecule is CNS(=O)(=O)Cc1ccc(CN=C(N)Nc2ccc(OC(F)(F)F)cc2)cc1.I. The van der Waals surface area contributed by atoms with Gasteiger partial charge >= 0.3 is 6.36 Å². The van der Waals surface area contributed by atoms with Gasteiger partial charge in [-0.3, -0.25) is 0 Å². The largest absolute Gasteiger partial charge is 0.573 e.